The summed E-state index contributed by atoms with van der Waals surface area (Å²) in [6, 6.07) is 22.3. The lowest BCUT2D eigenvalue weighted by atomic mass is 10.1. The molecule has 4 aromatic carbocycles. The number of rotatable bonds is 6. The number of esters is 4. The van der Waals surface area contributed by atoms with Crippen LogP contribution in [-0.2, 0) is 19.3 Å². The minimum absolute atomic E-state index is 0.0872. The van der Waals surface area contributed by atoms with Crippen molar-refractivity contribution in [2.24, 2.45) is 0 Å². The van der Waals surface area contributed by atoms with Gasteiger partial charge in [0.15, 0.2) is 0 Å². The molecule has 39 heavy (non-hydrogen) atoms. The predicted octanol–water partition coefficient (Wildman–Crippen LogP) is 5.44. The van der Waals surface area contributed by atoms with Gasteiger partial charge in [0.1, 0.15) is 0 Å². The van der Waals surface area contributed by atoms with Gasteiger partial charge in [0, 0.05) is 19.6 Å². The second-order valence-electron chi connectivity index (χ2n) is 8.43. The monoisotopic (exact) mass is 574 g/mol. The second-order valence-corrected chi connectivity index (χ2v) is 12.7. The molecule has 0 saturated carbocycles. The van der Waals surface area contributed by atoms with Gasteiger partial charge in [0.25, 0.3) is 0 Å². The summed E-state index contributed by atoms with van der Waals surface area (Å²) in [7, 11) is -3.88. The van der Waals surface area contributed by atoms with Crippen molar-refractivity contribution in [2.75, 3.05) is 0 Å². The molecule has 0 bridgehead atoms. The molecule has 0 unspecified atom stereocenters. The Morgan fingerprint density at radius 3 is 1.28 bits per heavy atom. The van der Waals surface area contributed by atoms with Crippen molar-refractivity contribution >= 4 is 57.2 Å². The topological polar surface area (TPSA) is 121 Å². The van der Waals surface area contributed by atoms with E-state index in [4.69, 9.17) is 0 Å². The van der Waals surface area contributed by atoms with Gasteiger partial charge in [-0.05, 0) is 72.8 Å². The Balaban J connectivity index is 1.25. The van der Waals surface area contributed by atoms with E-state index in [1.807, 2.05) is 0 Å². The van der Waals surface area contributed by atoms with Gasteiger partial charge < -0.3 is 9.47 Å². The molecule has 4 aromatic rings. The maximum Gasteiger partial charge on any atom is 0.346 e. The molecule has 0 spiro atoms. The van der Waals surface area contributed by atoms with Crippen LogP contribution < -0.4 is 0 Å². The zero-order valence-corrected chi connectivity index (χ0v) is 22.0. The Morgan fingerprint density at radius 1 is 0.462 bits per heavy atom. The number of fused-ring (bicyclic) bond motifs is 2. The fourth-order valence-corrected chi connectivity index (χ4v) is 7.41. The van der Waals surface area contributed by atoms with Gasteiger partial charge in [-0.25, -0.2) is 27.6 Å². The summed E-state index contributed by atoms with van der Waals surface area (Å²) in [5, 5.41) is 0. The van der Waals surface area contributed by atoms with Crippen LogP contribution in [0.3, 0.4) is 0 Å². The average molecular weight is 575 g/mol. The molecule has 2 aliphatic rings. The van der Waals surface area contributed by atoms with Gasteiger partial charge >= 0.3 is 23.9 Å². The highest BCUT2D eigenvalue weighted by Crippen LogP contribution is 2.36. The molecular formula is C28H14O8S3. The van der Waals surface area contributed by atoms with Crippen LogP contribution in [0.4, 0.5) is 0 Å². The fraction of sp³-hybridized carbons (Fsp3) is 0. The lowest BCUT2D eigenvalue weighted by Crippen LogP contribution is -2.02. The molecule has 0 fully saturated rings. The minimum atomic E-state index is -3.88. The van der Waals surface area contributed by atoms with Crippen LogP contribution in [0, 0.1) is 0 Å². The van der Waals surface area contributed by atoms with Crippen molar-refractivity contribution in [3.8, 4) is 0 Å². The lowest BCUT2D eigenvalue weighted by molar-refractivity contribution is 0.0425. The Kier molecular flexibility index (Phi) is 6.13. The first-order valence-electron chi connectivity index (χ1n) is 11.3. The molecule has 2 heterocycles. The van der Waals surface area contributed by atoms with Crippen LogP contribution in [0.5, 0.6) is 0 Å². The van der Waals surface area contributed by atoms with E-state index in [0.29, 0.717) is 19.6 Å². The minimum Gasteiger partial charge on any atom is -0.386 e. The van der Waals surface area contributed by atoms with Crippen LogP contribution in [-0.4, -0.2) is 32.3 Å². The van der Waals surface area contributed by atoms with Crippen LogP contribution in [0.2, 0.25) is 0 Å². The Labute approximate surface area is 230 Å². The van der Waals surface area contributed by atoms with E-state index < -0.39 is 33.7 Å². The van der Waals surface area contributed by atoms with Crippen molar-refractivity contribution in [2.45, 2.75) is 29.4 Å². The number of sulfone groups is 1. The Morgan fingerprint density at radius 2 is 0.846 bits per heavy atom. The number of carbonyl (C=O) groups is 4. The van der Waals surface area contributed by atoms with Crippen molar-refractivity contribution in [1.29, 1.82) is 0 Å². The standard InChI is InChI=1S/C28H14O8S3/c29-25-21-9-7-17(13-23(21)27(31)35-25)37-15-3-1-5-19(11-15)39(33,34)20-6-2-4-16(12-20)38-18-8-10-22-24(14-18)28(32)36-26(22)30/h1-14H. The van der Waals surface area contributed by atoms with Gasteiger partial charge in [-0.2, -0.15) is 0 Å². The number of carbonyl (C=O) groups excluding carboxylic acids is 4. The lowest BCUT2D eigenvalue weighted by Gasteiger charge is -2.09. The van der Waals surface area contributed by atoms with E-state index in [1.54, 1.807) is 60.7 Å². The van der Waals surface area contributed by atoms with Crippen molar-refractivity contribution in [3.05, 3.63) is 107 Å². The van der Waals surface area contributed by atoms with Crippen LogP contribution >= 0.6 is 23.5 Å². The summed E-state index contributed by atoms with van der Waals surface area (Å²) in [5.41, 5.74) is 0.753. The molecule has 0 amide bonds. The molecular weight excluding hydrogens is 561 g/mol. The molecule has 0 saturated heterocycles. The molecule has 0 N–H and O–H groups in total. The highest BCUT2D eigenvalue weighted by atomic mass is 32.2. The number of cyclic esters (lactones) is 4. The quantitative estimate of drug-likeness (QED) is 0.217. The molecule has 6 rings (SSSR count). The molecule has 0 radical (unpaired) electrons. The normalized spacial score (nSPS) is 14.2. The summed E-state index contributed by atoms with van der Waals surface area (Å²) in [6.07, 6.45) is 0. The maximum atomic E-state index is 13.5. The molecule has 8 nitrogen and oxygen atoms in total. The third-order valence-corrected chi connectivity index (χ3v) is 9.64. The van der Waals surface area contributed by atoms with Crippen LogP contribution in [0.15, 0.2) is 114 Å². The number of ether oxygens (including phenoxy) is 2. The summed E-state index contributed by atoms with van der Waals surface area (Å²) in [6.45, 7) is 0. The third-order valence-electron chi connectivity index (χ3n) is 5.94. The highest BCUT2D eigenvalue weighted by molar-refractivity contribution is 7.99. The van der Waals surface area contributed by atoms with Crippen molar-refractivity contribution in [3.63, 3.8) is 0 Å². The number of hydrogen-bond acceptors (Lipinski definition) is 10. The molecule has 192 valence electrons. The van der Waals surface area contributed by atoms with Crippen molar-refractivity contribution in [1.82, 2.24) is 0 Å². The molecule has 0 aromatic heterocycles. The third kappa shape index (κ3) is 4.65. The second kappa shape index (κ2) is 9.53. The summed E-state index contributed by atoms with van der Waals surface area (Å²) in [4.78, 5) is 49.8. The summed E-state index contributed by atoms with van der Waals surface area (Å²) < 4.78 is 36.2. The zero-order chi connectivity index (χ0) is 27.3. The van der Waals surface area contributed by atoms with E-state index in [0.717, 1.165) is 0 Å². The van der Waals surface area contributed by atoms with Crippen molar-refractivity contribution < 1.29 is 37.1 Å². The van der Waals surface area contributed by atoms with Crippen LogP contribution in [0.25, 0.3) is 0 Å². The fourth-order valence-electron chi connectivity index (χ4n) is 4.07. The van der Waals surface area contributed by atoms with E-state index in [9.17, 15) is 27.6 Å². The Hall–Kier alpha value is -4.19. The smallest absolute Gasteiger partial charge is 0.346 e. The largest absolute Gasteiger partial charge is 0.386 e. The van der Waals surface area contributed by atoms with Gasteiger partial charge in [0.2, 0.25) is 9.84 Å². The van der Waals surface area contributed by atoms with Gasteiger partial charge in [0.05, 0.1) is 32.0 Å². The van der Waals surface area contributed by atoms with E-state index in [-0.39, 0.29) is 32.0 Å². The first-order chi connectivity index (χ1) is 18.7. The van der Waals surface area contributed by atoms with E-state index in [2.05, 4.69) is 9.47 Å². The van der Waals surface area contributed by atoms with Gasteiger partial charge in [-0.3, -0.25) is 0 Å². The van der Waals surface area contributed by atoms with E-state index >= 15 is 0 Å². The zero-order valence-electron chi connectivity index (χ0n) is 19.6. The predicted molar refractivity (Wildman–Crippen MR) is 139 cm³/mol. The number of benzene rings is 4. The van der Waals surface area contributed by atoms with E-state index in [1.165, 1.54) is 47.8 Å². The summed E-state index contributed by atoms with van der Waals surface area (Å²) in [5.74, 6) is -2.79. The van der Waals surface area contributed by atoms with Crippen LogP contribution in [0.1, 0.15) is 41.4 Å². The van der Waals surface area contributed by atoms with Gasteiger partial charge in [-0.15, -0.1) is 0 Å². The summed E-state index contributed by atoms with van der Waals surface area (Å²) >= 11 is 2.50. The first-order valence-corrected chi connectivity index (χ1v) is 14.4. The average Bonchev–Trinajstić information content (AvgIpc) is 3.37. The molecule has 0 aliphatic carbocycles. The first kappa shape index (κ1) is 25.1. The molecule has 2 aliphatic heterocycles. The maximum absolute atomic E-state index is 13.5. The SMILES string of the molecule is O=C1OC(=O)c2cc(Sc3cccc(S(=O)(=O)c4cccc(Sc5ccc6c(c5)C(=O)OC6=O)c4)c3)ccc21. The van der Waals surface area contributed by atoms with Gasteiger partial charge in [-0.1, -0.05) is 35.7 Å². The number of hydrogen-bond donors (Lipinski definition) is 0. The Bertz CT molecular complexity index is 1730. The molecule has 0 atom stereocenters. The molecule has 11 heteroatoms. The highest BCUT2D eigenvalue weighted by Gasteiger charge is 2.31.